The summed E-state index contributed by atoms with van der Waals surface area (Å²) in [5, 5.41) is 5.89. The fourth-order valence-corrected chi connectivity index (χ4v) is 2.89. The van der Waals surface area contributed by atoms with Gasteiger partial charge in [0.05, 0.1) is 5.56 Å². The molecule has 28 heavy (non-hydrogen) atoms. The number of alkyl halides is 3. The number of carbonyl (C=O) groups is 1. The van der Waals surface area contributed by atoms with E-state index < -0.39 is 11.7 Å². The van der Waals surface area contributed by atoms with Crippen LogP contribution in [0.15, 0.2) is 72.8 Å². The van der Waals surface area contributed by atoms with E-state index in [4.69, 9.17) is 0 Å². The van der Waals surface area contributed by atoms with Crippen molar-refractivity contribution in [1.29, 1.82) is 0 Å². The molecule has 0 aliphatic carbocycles. The summed E-state index contributed by atoms with van der Waals surface area (Å²) in [5.74, 6) is -0.247. The van der Waals surface area contributed by atoms with E-state index in [9.17, 15) is 18.0 Å². The normalized spacial score (nSPS) is 11.1. The average Bonchev–Trinajstić information content (AvgIpc) is 2.69. The molecular weight excluding hydrogens is 365 g/mol. The number of hydrogen-bond donors (Lipinski definition) is 2. The van der Waals surface area contributed by atoms with Gasteiger partial charge in [0.2, 0.25) is 0 Å². The van der Waals surface area contributed by atoms with Crippen LogP contribution in [0.5, 0.6) is 0 Å². The van der Waals surface area contributed by atoms with Crippen molar-refractivity contribution in [3.63, 3.8) is 0 Å². The Bertz CT molecular complexity index is 969. The highest BCUT2D eigenvalue weighted by atomic mass is 19.4. The van der Waals surface area contributed by atoms with Crippen molar-refractivity contribution >= 4 is 17.3 Å². The van der Waals surface area contributed by atoms with Crippen molar-refractivity contribution in [2.24, 2.45) is 0 Å². The molecule has 0 saturated heterocycles. The lowest BCUT2D eigenvalue weighted by molar-refractivity contribution is -0.138. The number of carbonyl (C=O) groups excluding carboxylic acids is 1. The first-order chi connectivity index (χ1) is 13.4. The van der Waals surface area contributed by atoms with Crippen LogP contribution in [0.3, 0.4) is 0 Å². The third-order valence-electron chi connectivity index (χ3n) is 4.41. The summed E-state index contributed by atoms with van der Waals surface area (Å²) in [6.07, 6.45) is -4.40. The van der Waals surface area contributed by atoms with Gasteiger partial charge in [-0.3, -0.25) is 4.79 Å². The zero-order valence-corrected chi connectivity index (χ0v) is 15.2. The van der Waals surface area contributed by atoms with Gasteiger partial charge in [-0.15, -0.1) is 0 Å². The maximum atomic E-state index is 13.1. The van der Waals surface area contributed by atoms with Crippen molar-refractivity contribution < 1.29 is 18.0 Å². The molecule has 0 spiro atoms. The maximum absolute atomic E-state index is 13.1. The van der Waals surface area contributed by atoms with Crippen LogP contribution in [0.25, 0.3) is 0 Å². The maximum Gasteiger partial charge on any atom is 0.416 e. The highest BCUT2D eigenvalue weighted by molar-refractivity contribution is 6.04. The number of anilines is 2. The van der Waals surface area contributed by atoms with E-state index in [0.29, 0.717) is 16.9 Å². The van der Waals surface area contributed by atoms with Crippen LogP contribution in [0.2, 0.25) is 0 Å². The molecule has 3 nitrogen and oxygen atoms in total. The summed E-state index contributed by atoms with van der Waals surface area (Å²) in [7, 11) is 0. The molecule has 0 saturated carbocycles. The van der Waals surface area contributed by atoms with Crippen LogP contribution in [0.4, 0.5) is 24.5 Å². The summed E-state index contributed by atoms with van der Waals surface area (Å²) in [4.78, 5) is 12.4. The molecule has 0 fully saturated rings. The Morgan fingerprint density at radius 2 is 1.50 bits per heavy atom. The summed E-state index contributed by atoms with van der Waals surface area (Å²) in [6, 6.07) is 19.5. The third kappa shape index (κ3) is 4.52. The molecule has 0 unspecified atom stereocenters. The largest absolute Gasteiger partial charge is 0.416 e. The van der Waals surface area contributed by atoms with Crippen molar-refractivity contribution in [3.05, 3.63) is 95.1 Å². The minimum atomic E-state index is -4.40. The minimum absolute atomic E-state index is 0.0204. The van der Waals surface area contributed by atoms with E-state index in [1.54, 1.807) is 55.5 Å². The quantitative estimate of drug-likeness (QED) is 0.577. The summed E-state index contributed by atoms with van der Waals surface area (Å²) < 4.78 is 39.4. The molecular formula is C22H19F3N2O. The monoisotopic (exact) mass is 384 g/mol. The molecule has 3 rings (SSSR count). The zero-order chi connectivity index (χ0) is 20.1. The van der Waals surface area contributed by atoms with Crippen LogP contribution in [0, 0.1) is 6.92 Å². The van der Waals surface area contributed by atoms with Crippen molar-refractivity contribution in [2.45, 2.75) is 19.6 Å². The van der Waals surface area contributed by atoms with E-state index in [-0.39, 0.29) is 18.0 Å². The van der Waals surface area contributed by atoms with Crippen molar-refractivity contribution in [2.75, 3.05) is 10.6 Å². The van der Waals surface area contributed by atoms with Crippen LogP contribution in [-0.4, -0.2) is 5.91 Å². The Labute approximate surface area is 161 Å². The lowest BCUT2D eigenvalue weighted by Gasteiger charge is -2.16. The van der Waals surface area contributed by atoms with E-state index in [0.717, 1.165) is 11.6 Å². The minimum Gasteiger partial charge on any atom is -0.381 e. The molecule has 3 aromatic rings. The van der Waals surface area contributed by atoms with Crippen molar-refractivity contribution in [3.8, 4) is 0 Å². The van der Waals surface area contributed by atoms with Crippen LogP contribution in [0.1, 0.15) is 27.0 Å². The lowest BCUT2D eigenvalue weighted by Crippen LogP contribution is -2.14. The Kier molecular flexibility index (Phi) is 5.68. The average molecular weight is 384 g/mol. The fraction of sp³-hybridized carbons (Fsp3) is 0.136. The second kappa shape index (κ2) is 8.17. The topological polar surface area (TPSA) is 41.1 Å². The van der Waals surface area contributed by atoms with Gasteiger partial charge in [0, 0.05) is 23.5 Å². The number of rotatable bonds is 5. The van der Waals surface area contributed by atoms with Gasteiger partial charge in [0.15, 0.2) is 0 Å². The molecule has 0 heterocycles. The van der Waals surface area contributed by atoms with E-state index >= 15 is 0 Å². The van der Waals surface area contributed by atoms with E-state index in [1.165, 1.54) is 12.1 Å². The number of benzene rings is 3. The first-order valence-electron chi connectivity index (χ1n) is 8.71. The lowest BCUT2D eigenvalue weighted by atomic mass is 10.1. The summed E-state index contributed by atoms with van der Waals surface area (Å²) in [6.45, 7) is 1.82. The molecule has 0 atom stereocenters. The Morgan fingerprint density at radius 3 is 2.21 bits per heavy atom. The number of hydrogen-bond acceptors (Lipinski definition) is 2. The predicted molar refractivity (Wildman–Crippen MR) is 104 cm³/mol. The third-order valence-corrected chi connectivity index (χ3v) is 4.41. The molecule has 1 amide bonds. The summed E-state index contributed by atoms with van der Waals surface area (Å²) >= 11 is 0. The van der Waals surface area contributed by atoms with E-state index in [1.807, 2.05) is 6.07 Å². The van der Waals surface area contributed by atoms with Gasteiger partial charge < -0.3 is 10.6 Å². The van der Waals surface area contributed by atoms with Crippen LogP contribution < -0.4 is 10.6 Å². The highest BCUT2D eigenvalue weighted by Crippen LogP contribution is 2.32. The molecule has 6 heteroatoms. The van der Waals surface area contributed by atoms with Crippen molar-refractivity contribution in [1.82, 2.24) is 0 Å². The predicted octanol–water partition coefficient (Wildman–Crippen LogP) is 5.88. The molecule has 0 radical (unpaired) electrons. The Hall–Kier alpha value is -3.28. The molecule has 2 N–H and O–H groups in total. The molecule has 144 valence electrons. The smallest absolute Gasteiger partial charge is 0.381 e. The van der Waals surface area contributed by atoms with Gasteiger partial charge >= 0.3 is 6.18 Å². The van der Waals surface area contributed by atoms with Crippen LogP contribution in [-0.2, 0) is 12.7 Å². The van der Waals surface area contributed by atoms with E-state index in [2.05, 4.69) is 10.6 Å². The molecule has 3 aromatic carbocycles. The van der Waals surface area contributed by atoms with Gasteiger partial charge in [0.25, 0.3) is 5.91 Å². The van der Waals surface area contributed by atoms with Crippen LogP contribution >= 0.6 is 0 Å². The van der Waals surface area contributed by atoms with Gasteiger partial charge in [-0.25, -0.2) is 0 Å². The first-order valence-corrected chi connectivity index (χ1v) is 8.71. The zero-order valence-electron chi connectivity index (χ0n) is 15.2. The molecule has 0 aromatic heterocycles. The SMILES string of the molecule is Cc1c(NCc2ccccc2C(F)(F)F)cccc1NC(=O)c1ccccc1. The molecule has 0 aliphatic heterocycles. The second-order valence-corrected chi connectivity index (χ2v) is 6.31. The Balaban J connectivity index is 1.77. The van der Waals surface area contributed by atoms with Gasteiger partial charge in [0.1, 0.15) is 0 Å². The van der Waals surface area contributed by atoms with Gasteiger partial charge in [-0.1, -0.05) is 42.5 Å². The first kappa shape index (κ1) is 19.5. The van der Waals surface area contributed by atoms with Gasteiger partial charge in [-0.2, -0.15) is 13.2 Å². The fourth-order valence-electron chi connectivity index (χ4n) is 2.89. The number of amides is 1. The second-order valence-electron chi connectivity index (χ2n) is 6.31. The summed E-state index contributed by atoms with van der Waals surface area (Å²) in [5.41, 5.74) is 2.03. The molecule has 0 bridgehead atoms. The number of nitrogens with one attached hydrogen (secondary N) is 2. The number of halogens is 3. The van der Waals surface area contributed by atoms with Gasteiger partial charge in [-0.05, 0) is 48.4 Å². The highest BCUT2D eigenvalue weighted by Gasteiger charge is 2.32. The standard InChI is InChI=1S/C22H19F3N2O/c1-15-19(26-14-17-10-5-6-11-18(17)22(23,24)25)12-7-13-20(15)27-21(28)16-8-3-2-4-9-16/h2-13,26H,14H2,1H3,(H,27,28). The Morgan fingerprint density at radius 1 is 0.857 bits per heavy atom. The molecule has 0 aliphatic rings.